The van der Waals surface area contributed by atoms with Gasteiger partial charge < -0.3 is 10.0 Å². The molecule has 3 rings (SSSR count). The lowest BCUT2D eigenvalue weighted by molar-refractivity contribution is 0.301. The average Bonchev–Trinajstić information content (AvgIpc) is 3.00. The van der Waals surface area contributed by atoms with E-state index in [2.05, 4.69) is 17.0 Å². The molecule has 0 bridgehead atoms. The van der Waals surface area contributed by atoms with E-state index in [-0.39, 0.29) is 12.2 Å². The van der Waals surface area contributed by atoms with Crippen LogP contribution in [0.5, 0.6) is 0 Å². The fourth-order valence-corrected chi connectivity index (χ4v) is 3.34. The Balaban J connectivity index is 2.06. The summed E-state index contributed by atoms with van der Waals surface area (Å²) >= 11 is 1.36. The summed E-state index contributed by atoms with van der Waals surface area (Å²) in [4.78, 5) is 19.4. The fraction of sp³-hybridized carbons (Fsp3) is 0.312. The van der Waals surface area contributed by atoms with Crippen LogP contribution in [0.2, 0.25) is 0 Å². The van der Waals surface area contributed by atoms with Gasteiger partial charge in [-0.1, -0.05) is 48.6 Å². The molecule has 23 heavy (non-hydrogen) atoms. The lowest BCUT2D eigenvalue weighted by atomic mass is 10.1. The quantitative estimate of drug-likeness (QED) is 0.749. The predicted molar refractivity (Wildman–Crippen MR) is 92.2 cm³/mol. The number of hydrogen-bond donors (Lipinski definition) is 1. The van der Waals surface area contributed by atoms with Crippen LogP contribution in [0.1, 0.15) is 13.3 Å². The molecule has 1 aromatic carbocycles. The van der Waals surface area contributed by atoms with Crippen LogP contribution in [0.15, 0.2) is 41.2 Å². The third kappa shape index (κ3) is 3.25. The maximum atomic E-state index is 12.3. The molecule has 2 aromatic heterocycles. The van der Waals surface area contributed by atoms with Crippen molar-refractivity contribution in [2.75, 3.05) is 24.6 Å². The minimum atomic E-state index is -0.197. The summed E-state index contributed by atoms with van der Waals surface area (Å²) in [5.41, 5.74) is 1.36. The Bertz CT molecular complexity index is 838. The van der Waals surface area contributed by atoms with Crippen LogP contribution in [0, 0.1) is 0 Å². The van der Waals surface area contributed by atoms with E-state index in [0.29, 0.717) is 22.3 Å². The van der Waals surface area contributed by atoms with Crippen molar-refractivity contribution in [3.63, 3.8) is 0 Å². The molecule has 0 saturated carbocycles. The van der Waals surface area contributed by atoms with E-state index >= 15 is 0 Å². The van der Waals surface area contributed by atoms with Gasteiger partial charge in [0.1, 0.15) is 0 Å². The van der Waals surface area contributed by atoms with Crippen LogP contribution < -0.4 is 10.5 Å². The van der Waals surface area contributed by atoms with E-state index in [1.165, 1.54) is 21.9 Å². The van der Waals surface area contributed by atoms with Crippen LogP contribution in [0.25, 0.3) is 16.2 Å². The number of aliphatic hydroxyl groups is 1. The zero-order valence-electron chi connectivity index (χ0n) is 12.8. The number of nitrogens with zero attached hydrogens (tertiary/aromatic N) is 4. The van der Waals surface area contributed by atoms with Crippen molar-refractivity contribution in [3.05, 3.63) is 46.8 Å². The molecule has 2 heterocycles. The minimum absolute atomic E-state index is 0.0491. The average molecular weight is 330 g/mol. The summed E-state index contributed by atoms with van der Waals surface area (Å²) in [5, 5.41) is 14.3. The van der Waals surface area contributed by atoms with Crippen molar-refractivity contribution in [3.8, 4) is 11.3 Å². The van der Waals surface area contributed by atoms with Gasteiger partial charge in [-0.05, 0) is 6.42 Å². The number of aromatic nitrogens is 3. The van der Waals surface area contributed by atoms with Crippen molar-refractivity contribution in [1.82, 2.24) is 14.6 Å². The van der Waals surface area contributed by atoms with Crippen molar-refractivity contribution in [2.45, 2.75) is 13.3 Å². The van der Waals surface area contributed by atoms with Gasteiger partial charge in [-0.3, -0.25) is 4.79 Å². The third-order valence-corrected chi connectivity index (χ3v) is 4.41. The smallest absolute Gasteiger partial charge is 0.275 e. The van der Waals surface area contributed by atoms with Gasteiger partial charge in [0.25, 0.3) is 5.56 Å². The van der Waals surface area contributed by atoms with E-state index in [4.69, 9.17) is 0 Å². The van der Waals surface area contributed by atoms with Gasteiger partial charge >= 0.3 is 0 Å². The Morgan fingerprint density at radius 3 is 2.74 bits per heavy atom. The third-order valence-electron chi connectivity index (χ3n) is 3.44. The Morgan fingerprint density at radius 2 is 2.04 bits per heavy atom. The molecule has 0 unspecified atom stereocenters. The molecule has 0 aliphatic carbocycles. The lowest BCUT2D eigenvalue weighted by Crippen LogP contribution is -2.27. The molecule has 0 aliphatic heterocycles. The second-order valence-electron chi connectivity index (χ2n) is 5.14. The molecule has 0 fully saturated rings. The maximum Gasteiger partial charge on any atom is 0.275 e. The number of rotatable bonds is 6. The molecule has 3 aromatic rings. The second-order valence-corrected chi connectivity index (χ2v) is 6.07. The standard InChI is InChI=1S/C16H18N4O2S/c1-2-8-19(9-10-21)16-18-20-14(22)11-13(17-15(20)23-16)12-6-4-3-5-7-12/h3-7,11,21H,2,8-10H2,1H3. The van der Waals surface area contributed by atoms with Gasteiger partial charge in [0, 0.05) is 24.7 Å². The minimum Gasteiger partial charge on any atom is -0.395 e. The first-order valence-electron chi connectivity index (χ1n) is 7.55. The molecule has 1 N–H and O–H groups in total. The summed E-state index contributed by atoms with van der Waals surface area (Å²) in [6.45, 7) is 3.39. The highest BCUT2D eigenvalue weighted by Crippen LogP contribution is 2.23. The highest BCUT2D eigenvalue weighted by molar-refractivity contribution is 7.20. The summed E-state index contributed by atoms with van der Waals surface area (Å²) in [5.74, 6) is 0. The van der Waals surface area contributed by atoms with Gasteiger partial charge in [-0.15, -0.1) is 5.10 Å². The SMILES string of the molecule is CCCN(CCO)c1nn2c(=O)cc(-c3ccccc3)nc2s1. The van der Waals surface area contributed by atoms with Crippen LogP contribution in [0.3, 0.4) is 0 Å². The Labute approximate surface area is 137 Å². The first-order valence-corrected chi connectivity index (χ1v) is 8.36. The van der Waals surface area contributed by atoms with Gasteiger partial charge in [0.2, 0.25) is 10.1 Å². The summed E-state index contributed by atoms with van der Waals surface area (Å²) in [7, 11) is 0. The van der Waals surface area contributed by atoms with E-state index in [1.54, 1.807) is 0 Å². The molecule has 7 heteroatoms. The van der Waals surface area contributed by atoms with Gasteiger partial charge in [0.05, 0.1) is 12.3 Å². The Kier molecular flexibility index (Phi) is 4.68. The summed E-state index contributed by atoms with van der Waals surface area (Å²) in [6.07, 6.45) is 0.938. The maximum absolute atomic E-state index is 12.3. The number of hydrogen-bond acceptors (Lipinski definition) is 6. The highest BCUT2D eigenvalue weighted by atomic mass is 32.1. The molecule has 0 spiro atoms. The summed E-state index contributed by atoms with van der Waals surface area (Å²) in [6, 6.07) is 11.1. The fourth-order valence-electron chi connectivity index (χ4n) is 2.38. The summed E-state index contributed by atoms with van der Waals surface area (Å²) < 4.78 is 1.33. The van der Waals surface area contributed by atoms with E-state index < -0.39 is 0 Å². The lowest BCUT2D eigenvalue weighted by Gasteiger charge is -2.18. The van der Waals surface area contributed by atoms with Crippen molar-refractivity contribution in [2.24, 2.45) is 0 Å². The largest absolute Gasteiger partial charge is 0.395 e. The van der Waals surface area contributed by atoms with Crippen molar-refractivity contribution in [1.29, 1.82) is 0 Å². The first kappa shape index (κ1) is 15.6. The molecule has 120 valence electrons. The molecular formula is C16H18N4O2S. The molecule has 0 atom stereocenters. The topological polar surface area (TPSA) is 70.7 Å². The molecule has 0 amide bonds. The molecular weight excluding hydrogens is 312 g/mol. The Morgan fingerprint density at radius 1 is 1.26 bits per heavy atom. The monoisotopic (exact) mass is 330 g/mol. The number of fused-ring (bicyclic) bond motifs is 1. The number of aliphatic hydroxyl groups excluding tert-OH is 1. The normalized spacial score (nSPS) is 11.0. The molecule has 0 radical (unpaired) electrons. The van der Waals surface area contributed by atoms with E-state index in [9.17, 15) is 9.90 Å². The number of benzene rings is 1. The first-order chi connectivity index (χ1) is 11.2. The zero-order chi connectivity index (χ0) is 16.2. The molecule has 0 saturated heterocycles. The number of anilines is 1. The Hall–Kier alpha value is -2.25. The predicted octanol–water partition coefficient (Wildman–Crippen LogP) is 2.03. The van der Waals surface area contributed by atoms with Crippen LogP contribution in [-0.4, -0.2) is 39.4 Å². The van der Waals surface area contributed by atoms with Crippen molar-refractivity contribution >= 4 is 21.4 Å². The van der Waals surface area contributed by atoms with E-state index in [1.807, 2.05) is 35.2 Å². The van der Waals surface area contributed by atoms with Crippen LogP contribution in [-0.2, 0) is 0 Å². The van der Waals surface area contributed by atoms with Crippen LogP contribution in [0.4, 0.5) is 5.13 Å². The molecule has 0 aliphatic rings. The van der Waals surface area contributed by atoms with Crippen LogP contribution >= 0.6 is 11.3 Å². The highest BCUT2D eigenvalue weighted by Gasteiger charge is 2.14. The van der Waals surface area contributed by atoms with Gasteiger partial charge in [-0.2, -0.15) is 4.52 Å². The van der Waals surface area contributed by atoms with Crippen molar-refractivity contribution < 1.29 is 5.11 Å². The van der Waals surface area contributed by atoms with Gasteiger partial charge in [0.15, 0.2) is 0 Å². The van der Waals surface area contributed by atoms with E-state index in [0.717, 1.165) is 18.5 Å². The second kappa shape index (κ2) is 6.89. The molecule has 6 nitrogen and oxygen atoms in total. The zero-order valence-corrected chi connectivity index (χ0v) is 13.7. The van der Waals surface area contributed by atoms with Gasteiger partial charge in [-0.25, -0.2) is 4.98 Å².